The molecule has 0 radical (unpaired) electrons. The molecule has 2 aromatic carbocycles. The van der Waals surface area contributed by atoms with Gasteiger partial charge in [-0.25, -0.2) is 0 Å². The number of aliphatic hydroxyl groups excluding tert-OH is 1. The Hall–Kier alpha value is -2.54. The van der Waals surface area contributed by atoms with Gasteiger partial charge in [-0.1, -0.05) is 61.7 Å². The van der Waals surface area contributed by atoms with Crippen LogP contribution in [0.1, 0.15) is 65.4 Å². The molecule has 0 spiro atoms. The van der Waals surface area contributed by atoms with Crippen LogP contribution in [-0.4, -0.2) is 35.1 Å². The van der Waals surface area contributed by atoms with E-state index in [-0.39, 0.29) is 5.78 Å². The highest BCUT2D eigenvalue weighted by molar-refractivity contribution is 7.20. The predicted octanol–water partition coefficient (Wildman–Crippen LogP) is 5.62. The molecule has 0 aliphatic heterocycles. The number of benzene rings is 2. The minimum atomic E-state index is -0.822. The lowest BCUT2D eigenvalue weighted by Gasteiger charge is -2.29. The van der Waals surface area contributed by atoms with Crippen molar-refractivity contribution in [3.63, 3.8) is 0 Å². The minimum absolute atomic E-state index is 0.216. The fraction of sp³-hybridized carbons (Fsp3) is 0.429. The number of Topliss-reactive ketones (excluding diaryl/α,β-unsaturated/α-hetero) is 1. The molecule has 1 saturated carbocycles. The van der Waals surface area contributed by atoms with Gasteiger partial charge in [0.1, 0.15) is 12.6 Å². The number of carbonyl (C=O) groups excluding carboxylic acids is 1. The van der Waals surface area contributed by atoms with Gasteiger partial charge in [0, 0.05) is 4.70 Å². The first-order valence-electron chi connectivity index (χ1n) is 12.2. The van der Waals surface area contributed by atoms with Crippen molar-refractivity contribution in [3.05, 3.63) is 70.6 Å². The summed E-state index contributed by atoms with van der Waals surface area (Å²) in [5, 5.41) is 23.0. The zero-order chi connectivity index (χ0) is 23.9. The third-order valence-corrected chi connectivity index (χ3v) is 8.18. The lowest BCUT2D eigenvalue weighted by atomic mass is 9.79. The molecule has 5 nitrogen and oxygen atoms in total. The molecule has 3 N–H and O–H groups in total. The van der Waals surface area contributed by atoms with Gasteiger partial charge in [-0.05, 0) is 72.7 Å². The minimum Gasteiger partial charge on any atom is -0.480 e. The first-order valence-corrected chi connectivity index (χ1v) is 13.0. The summed E-state index contributed by atoms with van der Waals surface area (Å²) in [5.41, 5.74) is 2.11. The molecule has 180 valence electrons. The second kappa shape index (κ2) is 11.7. The summed E-state index contributed by atoms with van der Waals surface area (Å²) >= 11 is 1.46. The molecule has 4 rings (SSSR count). The lowest BCUT2D eigenvalue weighted by Crippen LogP contribution is -2.33. The number of thiophene rings is 1. The van der Waals surface area contributed by atoms with Crippen molar-refractivity contribution in [2.24, 2.45) is 11.8 Å². The number of carboxylic acids is 1. The Bertz CT molecular complexity index is 1100. The number of nitrogens with one attached hydrogen (secondary N) is 1. The number of fused-ring (bicyclic) bond motifs is 1. The Morgan fingerprint density at radius 3 is 2.44 bits per heavy atom. The zero-order valence-corrected chi connectivity index (χ0v) is 20.2. The molecule has 1 aromatic heterocycles. The summed E-state index contributed by atoms with van der Waals surface area (Å²) in [6.45, 7) is 0.311. The molecule has 1 heterocycles. The van der Waals surface area contributed by atoms with Crippen LogP contribution in [0.15, 0.2) is 54.6 Å². The second-order valence-electron chi connectivity index (χ2n) is 9.43. The van der Waals surface area contributed by atoms with Crippen LogP contribution in [0, 0.1) is 11.8 Å². The van der Waals surface area contributed by atoms with Crippen LogP contribution < -0.4 is 5.32 Å². The number of carbonyl (C=O) groups is 2. The van der Waals surface area contributed by atoms with Crippen molar-refractivity contribution in [2.75, 3.05) is 13.2 Å². The number of aryl methyl sites for hydroxylation is 1. The molecule has 34 heavy (non-hydrogen) atoms. The average Bonchev–Trinajstić information content (AvgIpc) is 3.28. The topological polar surface area (TPSA) is 86.6 Å². The number of rotatable bonds is 11. The average molecular weight is 480 g/mol. The standard InChI is InChI=1S/C28H33NO4S/c30-18-24(31)26-16-23-14-13-20(15-25(23)34-26)6-4-5-19-9-11-21(12-10-19)17-29-27(28(32)33)22-7-2-1-3-8-22/h1-3,7-8,13-16,19,21,27,29-30H,4-6,9-12,17-18H2,(H,32,33)/t19?,21?,27-/m0/s1. The van der Waals surface area contributed by atoms with E-state index in [1.807, 2.05) is 36.4 Å². The van der Waals surface area contributed by atoms with Crippen molar-refractivity contribution in [3.8, 4) is 0 Å². The fourth-order valence-corrected chi connectivity index (χ4v) is 6.10. The van der Waals surface area contributed by atoms with Crippen LogP contribution in [0.2, 0.25) is 0 Å². The Labute approximate surface area is 204 Å². The summed E-state index contributed by atoms with van der Waals surface area (Å²) in [4.78, 5) is 24.1. The Morgan fingerprint density at radius 2 is 1.74 bits per heavy atom. The van der Waals surface area contributed by atoms with E-state index in [0.717, 1.165) is 53.8 Å². The van der Waals surface area contributed by atoms with E-state index in [1.54, 1.807) is 0 Å². The van der Waals surface area contributed by atoms with E-state index >= 15 is 0 Å². The van der Waals surface area contributed by atoms with Gasteiger partial charge in [0.05, 0.1) is 4.88 Å². The third-order valence-electron chi connectivity index (χ3n) is 7.04. The monoisotopic (exact) mass is 479 g/mol. The van der Waals surface area contributed by atoms with Gasteiger partial charge in [-0.2, -0.15) is 0 Å². The SMILES string of the molecule is O=C(CO)c1cc2ccc(CCCC3CCC(CN[C@H](C(=O)O)c4ccccc4)CC3)cc2s1. The molecule has 0 saturated heterocycles. The molecule has 0 amide bonds. The lowest BCUT2D eigenvalue weighted by molar-refractivity contribution is -0.139. The van der Waals surface area contributed by atoms with E-state index < -0.39 is 18.6 Å². The summed E-state index contributed by atoms with van der Waals surface area (Å²) < 4.78 is 1.11. The number of hydrogen-bond donors (Lipinski definition) is 3. The van der Waals surface area contributed by atoms with Crippen molar-refractivity contribution < 1.29 is 19.8 Å². The van der Waals surface area contributed by atoms with E-state index in [2.05, 4.69) is 23.5 Å². The van der Waals surface area contributed by atoms with Crippen molar-refractivity contribution >= 4 is 33.2 Å². The molecule has 1 aliphatic rings. The quantitative estimate of drug-likeness (QED) is 0.311. The molecule has 0 bridgehead atoms. The third kappa shape index (κ3) is 6.32. The summed E-state index contributed by atoms with van der Waals surface area (Å²) in [6, 6.07) is 17.0. The maximum atomic E-state index is 11.7. The van der Waals surface area contributed by atoms with Crippen molar-refractivity contribution in [1.82, 2.24) is 5.32 Å². The highest BCUT2D eigenvalue weighted by Crippen LogP contribution is 2.33. The van der Waals surface area contributed by atoms with Crippen LogP contribution in [0.3, 0.4) is 0 Å². The smallest absolute Gasteiger partial charge is 0.325 e. The first-order chi connectivity index (χ1) is 16.5. The van der Waals surface area contributed by atoms with Crippen LogP contribution in [-0.2, 0) is 11.2 Å². The van der Waals surface area contributed by atoms with E-state index in [0.29, 0.717) is 10.8 Å². The van der Waals surface area contributed by atoms with Crippen LogP contribution in [0.5, 0.6) is 0 Å². The highest BCUT2D eigenvalue weighted by atomic mass is 32.1. The van der Waals surface area contributed by atoms with Crippen LogP contribution >= 0.6 is 11.3 Å². The van der Waals surface area contributed by atoms with Gasteiger partial charge in [0.15, 0.2) is 5.78 Å². The van der Waals surface area contributed by atoms with Gasteiger partial charge < -0.3 is 15.5 Å². The van der Waals surface area contributed by atoms with Gasteiger partial charge in [0.25, 0.3) is 0 Å². The fourth-order valence-electron chi connectivity index (χ4n) is 5.04. The number of ketones is 1. The Balaban J connectivity index is 1.19. The maximum Gasteiger partial charge on any atom is 0.325 e. The largest absolute Gasteiger partial charge is 0.480 e. The Kier molecular flexibility index (Phi) is 8.48. The molecular formula is C28H33NO4S. The van der Waals surface area contributed by atoms with E-state index in [1.165, 1.54) is 36.2 Å². The number of aliphatic hydroxyl groups is 1. The maximum absolute atomic E-state index is 11.7. The zero-order valence-electron chi connectivity index (χ0n) is 19.4. The summed E-state index contributed by atoms with van der Waals surface area (Å²) in [6.07, 6.45) is 8.15. The first kappa shape index (κ1) is 24.6. The normalized spacial score (nSPS) is 19.2. The summed E-state index contributed by atoms with van der Waals surface area (Å²) in [7, 11) is 0. The van der Waals surface area contributed by atoms with Crippen molar-refractivity contribution in [1.29, 1.82) is 0 Å². The van der Waals surface area contributed by atoms with Crippen LogP contribution in [0.25, 0.3) is 10.1 Å². The highest BCUT2D eigenvalue weighted by Gasteiger charge is 2.24. The van der Waals surface area contributed by atoms with Gasteiger partial charge in [-0.3, -0.25) is 9.59 Å². The van der Waals surface area contributed by atoms with Gasteiger partial charge in [-0.15, -0.1) is 11.3 Å². The molecule has 0 unspecified atom stereocenters. The van der Waals surface area contributed by atoms with E-state index in [4.69, 9.17) is 5.11 Å². The molecule has 1 aliphatic carbocycles. The van der Waals surface area contributed by atoms with Gasteiger partial charge >= 0.3 is 5.97 Å². The molecule has 6 heteroatoms. The molecule has 1 atom stereocenters. The predicted molar refractivity (Wildman–Crippen MR) is 136 cm³/mol. The number of hydrogen-bond acceptors (Lipinski definition) is 5. The van der Waals surface area contributed by atoms with E-state index in [9.17, 15) is 14.7 Å². The van der Waals surface area contributed by atoms with Crippen LogP contribution in [0.4, 0.5) is 0 Å². The molecule has 1 fully saturated rings. The summed E-state index contributed by atoms with van der Waals surface area (Å²) in [5.74, 6) is 0.253. The number of carboxylic acid groups (broad SMARTS) is 1. The Morgan fingerprint density at radius 1 is 1.00 bits per heavy atom. The molecule has 3 aromatic rings. The van der Waals surface area contributed by atoms with Gasteiger partial charge in [0.2, 0.25) is 0 Å². The molecular weight excluding hydrogens is 446 g/mol. The number of aliphatic carboxylic acids is 1. The second-order valence-corrected chi connectivity index (χ2v) is 10.5. The van der Waals surface area contributed by atoms with Crippen molar-refractivity contribution in [2.45, 2.75) is 51.0 Å².